The molecule has 0 heterocycles. The van der Waals surface area contributed by atoms with E-state index >= 15 is 0 Å². The lowest BCUT2D eigenvalue weighted by Gasteiger charge is -2.04. The summed E-state index contributed by atoms with van der Waals surface area (Å²) in [6.45, 7) is 7.79. The zero-order chi connectivity index (χ0) is 10.9. The first kappa shape index (κ1) is 15.3. The maximum absolute atomic E-state index is 8.67. The van der Waals surface area contributed by atoms with E-state index in [2.05, 4.69) is 17.7 Å². The summed E-state index contributed by atoms with van der Waals surface area (Å²) in [5, 5.41) is 12.3. The van der Waals surface area contributed by atoms with Crippen LogP contribution in [-0.2, 0) is 0 Å². The largest absolute Gasteiger partial charge is 0.393 e. The Morgan fingerprint density at radius 2 is 1.85 bits per heavy atom. The molecule has 3 N–H and O–H groups in total. The number of hydrazone groups is 1. The molecule has 80 valence electrons. The van der Waals surface area contributed by atoms with Gasteiger partial charge in [0.2, 0.25) is 0 Å². The molecule has 0 saturated heterocycles. The summed E-state index contributed by atoms with van der Waals surface area (Å²) in [5.41, 5.74) is 0. The van der Waals surface area contributed by atoms with Crippen LogP contribution in [0.15, 0.2) is 5.10 Å². The Bertz CT molecular complexity index is 119. The number of hydrogen-bond acceptors (Lipinski definition) is 4. The van der Waals surface area contributed by atoms with Crippen molar-refractivity contribution >= 4 is 18.8 Å². The quantitative estimate of drug-likeness (QED) is 0.285. The molecule has 0 bridgehead atoms. The number of aliphatic hydroxyl groups excluding tert-OH is 1. The number of rotatable bonds is 3. The third-order valence-corrected chi connectivity index (χ3v) is 1.28. The van der Waals surface area contributed by atoms with Crippen LogP contribution in [0.5, 0.6) is 0 Å². The van der Waals surface area contributed by atoms with Crippen molar-refractivity contribution in [1.29, 1.82) is 0 Å². The molecule has 0 aliphatic carbocycles. The molecule has 2 atom stereocenters. The van der Waals surface area contributed by atoms with E-state index in [1.165, 1.54) is 0 Å². The molecule has 0 aliphatic heterocycles. The van der Waals surface area contributed by atoms with E-state index in [-0.39, 0.29) is 6.10 Å². The summed E-state index contributed by atoms with van der Waals surface area (Å²) in [6.07, 6.45) is 2.27. The fourth-order valence-corrected chi connectivity index (χ4v) is 0.971. The molecule has 0 aromatic carbocycles. The van der Waals surface area contributed by atoms with E-state index in [0.717, 1.165) is 6.42 Å². The van der Waals surface area contributed by atoms with Gasteiger partial charge in [-0.1, -0.05) is 20.8 Å². The molecule has 0 amide bonds. The van der Waals surface area contributed by atoms with Crippen LogP contribution in [0.25, 0.3) is 0 Å². The van der Waals surface area contributed by atoms with Gasteiger partial charge in [0.25, 0.3) is 0 Å². The van der Waals surface area contributed by atoms with Gasteiger partial charge in [-0.3, -0.25) is 0 Å². The van der Waals surface area contributed by atoms with Gasteiger partial charge in [0.1, 0.15) is 0 Å². The molecular formula is C9H22N2OS. The molecule has 0 fully saturated rings. The third kappa shape index (κ3) is 24.5. The molecular weight excluding hydrogens is 184 g/mol. The summed E-state index contributed by atoms with van der Waals surface area (Å²) in [5.74, 6) is 5.28. The predicted molar refractivity (Wildman–Crippen MR) is 62.3 cm³/mol. The number of aliphatic hydroxyl groups is 1. The number of nitrogens with two attached hydrogens (primary N) is 1. The molecule has 0 aromatic heterocycles. The Morgan fingerprint density at radius 3 is 1.85 bits per heavy atom. The predicted octanol–water partition coefficient (Wildman–Crippen LogP) is 1.66. The SMILES string of the molecule is CC(C)/C=N\N.CC(O)CC(C)S. The van der Waals surface area contributed by atoms with Gasteiger partial charge in [-0.05, 0) is 19.3 Å². The van der Waals surface area contributed by atoms with Crippen molar-refractivity contribution in [3.8, 4) is 0 Å². The topological polar surface area (TPSA) is 58.6 Å². The van der Waals surface area contributed by atoms with Gasteiger partial charge < -0.3 is 10.9 Å². The molecule has 3 nitrogen and oxygen atoms in total. The fourth-order valence-electron chi connectivity index (χ4n) is 0.666. The minimum Gasteiger partial charge on any atom is -0.393 e. The van der Waals surface area contributed by atoms with Gasteiger partial charge in [-0.25, -0.2) is 0 Å². The number of thiol groups is 1. The molecule has 13 heavy (non-hydrogen) atoms. The van der Waals surface area contributed by atoms with Crippen LogP contribution in [0.1, 0.15) is 34.1 Å². The first-order valence-electron chi connectivity index (χ1n) is 4.49. The number of nitrogens with zero attached hydrogens (tertiary/aromatic N) is 1. The first-order valence-corrected chi connectivity index (χ1v) is 5.01. The van der Waals surface area contributed by atoms with E-state index in [1.54, 1.807) is 13.1 Å². The molecule has 4 heteroatoms. The zero-order valence-corrected chi connectivity index (χ0v) is 9.83. The van der Waals surface area contributed by atoms with Gasteiger partial charge in [0, 0.05) is 11.5 Å². The lowest BCUT2D eigenvalue weighted by Crippen LogP contribution is -2.05. The highest BCUT2D eigenvalue weighted by molar-refractivity contribution is 7.80. The van der Waals surface area contributed by atoms with Gasteiger partial charge in [-0.2, -0.15) is 17.7 Å². The monoisotopic (exact) mass is 206 g/mol. The maximum atomic E-state index is 8.67. The summed E-state index contributed by atoms with van der Waals surface area (Å²) in [4.78, 5) is 0. The molecule has 0 aromatic rings. The molecule has 2 unspecified atom stereocenters. The molecule has 0 aliphatic rings. The highest BCUT2D eigenvalue weighted by Gasteiger charge is 1.98. The van der Waals surface area contributed by atoms with Crippen LogP contribution >= 0.6 is 12.6 Å². The standard InChI is InChI=1S/C5H12OS.C4H10N2/c1-4(6)3-5(2)7;1-4(2)3-6-5/h4-7H,3H2,1-2H3;3-4H,5H2,1-2H3/b;6-3-. The average molecular weight is 206 g/mol. The first-order chi connectivity index (χ1) is 5.90. The van der Waals surface area contributed by atoms with Crippen molar-refractivity contribution in [2.24, 2.45) is 16.9 Å². The van der Waals surface area contributed by atoms with Crippen molar-refractivity contribution in [2.75, 3.05) is 0 Å². The summed E-state index contributed by atoms with van der Waals surface area (Å²) in [6, 6.07) is 0. The van der Waals surface area contributed by atoms with Gasteiger partial charge in [0.05, 0.1) is 6.10 Å². The van der Waals surface area contributed by atoms with E-state index in [0.29, 0.717) is 11.2 Å². The van der Waals surface area contributed by atoms with E-state index < -0.39 is 0 Å². The van der Waals surface area contributed by atoms with Crippen LogP contribution in [-0.4, -0.2) is 22.7 Å². The van der Waals surface area contributed by atoms with Crippen LogP contribution in [0.4, 0.5) is 0 Å². The zero-order valence-electron chi connectivity index (χ0n) is 8.94. The van der Waals surface area contributed by atoms with E-state index in [4.69, 9.17) is 10.9 Å². The molecule has 0 saturated carbocycles. The second kappa shape index (κ2) is 9.86. The van der Waals surface area contributed by atoms with Crippen LogP contribution in [0.3, 0.4) is 0 Å². The Balaban J connectivity index is 0. The van der Waals surface area contributed by atoms with Crippen molar-refractivity contribution in [3.05, 3.63) is 0 Å². The maximum Gasteiger partial charge on any atom is 0.0522 e. The van der Waals surface area contributed by atoms with Crippen LogP contribution < -0.4 is 5.84 Å². The van der Waals surface area contributed by atoms with Gasteiger partial charge in [-0.15, -0.1) is 0 Å². The summed E-state index contributed by atoms with van der Waals surface area (Å²) < 4.78 is 0. The molecule has 0 rings (SSSR count). The molecule has 0 radical (unpaired) electrons. The molecule has 0 spiro atoms. The second-order valence-electron chi connectivity index (χ2n) is 3.48. The lowest BCUT2D eigenvalue weighted by molar-refractivity contribution is 0.185. The lowest BCUT2D eigenvalue weighted by atomic mass is 10.2. The summed E-state index contributed by atoms with van der Waals surface area (Å²) >= 11 is 4.08. The second-order valence-corrected chi connectivity index (χ2v) is 4.36. The van der Waals surface area contributed by atoms with Crippen LogP contribution in [0, 0.1) is 5.92 Å². The average Bonchev–Trinajstić information content (AvgIpc) is 1.83. The normalized spacial score (nSPS) is 15.3. The van der Waals surface area contributed by atoms with E-state index in [9.17, 15) is 0 Å². The van der Waals surface area contributed by atoms with Crippen molar-refractivity contribution < 1.29 is 5.11 Å². The minimum absolute atomic E-state index is 0.201. The Kier molecular flexibility index (Phi) is 11.6. The van der Waals surface area contributed by atoms with Gasteiger partial charge in [0.15, 0.2) is 0 Å². The Hall–Kier alpha value is -0.220. The highest BCUT2D eigenvalue weighted by atomic mass is 32.1. The van der Waals surface area contributed by atoms with Crippen LogP contribution in [0.2, 0.25) is 0 Å². The fraction of sp³-hybridized carbons (Fsp3) is 0.889. The third-order valence-electron chi connectivity index (χ3n) is 1.07. The highest BCUT2D eigenvalue weighted by Crippen LogP contribution is 2.01. The van der Waals surface area contributed by atoms with Gasteiger partial charge >= 0.3 is 0 Å². The Morgan fingerprint density at radius 1 is 1.38 bits per heavy atom. The minimum atomic E-state index is -0.201. The van der Waals surface area contributed by atoms with Crippen molar-refractivity contribution in [3.63, 3.8) is 0 Å². The number of hydrogen-bond donors (Lipinski definition) is 3. The van der Waals surface area contributed by atoms with E-state index in [1.807, 2.05) is 20.8 Å². The summed E-state index contributed by atoms with van der Waals surface area (Å²) in [7, 11) is 0. The smallest absolute Gasteiger partial charge is 0.0522 e. The van der Waals surface area contributed by atoms with Crippen molar-refractivity contribution in [1.82, 2.24) is 0 Å². The van der Waals surface area contributed by atoms with Crippen molar-refractivity contribution in [2.45, 2.75) is 45.5 Å². The Labute approximate surface area is 86.8 Å².